The highest BCUT2D eigenvalue weighted by atomic mass is 79.9. The van der Waals surface area contributed by atoms with Crippen molar-refractivity contribution in [3.63, 3.8) is 0 Å². The molecule has 0 aromatic heterocycles. The lowest BCUT2D eigenvalue weighted by atomic mass is 10.1. The van der Waals surface area contributed by atoms with E-state index in [1.54, 1.807) is 0 Å². The number of aryl methyl sites for hydroxylation is 3. The Hall–Kier alpha value is -2.50. The SMILES string of the molecule is Cc1ccc(C)c(NC(=O)COc2ccc(CNc3ccc(C)c(Cl)c3)cc2Br)c1. The molecule has 30 heavy (non-hydrogen) atoms. The van der Waals surface area contributed by atoms with Gasteiger partial charge in [-0.2, -0.15) is 0 Å². The van der Waals surface area contributed by atoms with E-state index in [1.165, 1.54) is 0 Å². The zero-order chi connectivity index (χ0) is 21.7. The molecule has 0 aliphatic rings. The fourth-order valence-electron chi connectivity index (χ4n) is 2.88. The van der Waals surface area contributed by atoms with Gasteiger partial charge in [0.2, 0.25) is 0 Å². The van der Waals surface area contributed by atoms with Crippen LogP contribution in [0.3, 0.4) is 0 Å². The second kappa shape index (κ2) is 10.0. The Morgan fingerprint density at radius 3 is 2.50 bits per heavy atom. The van der Waals surface area contributed by atoms with E-state index in [2.05, 4.69) is 26.6 Å². The van der Waals surface area contributed by atoms with Crippen LogP contribution in [0.1, 0.15) is 22.3 Å². The minimum absolute atomic E-state index is 0.0640. The summed E-state index contributed by atoms with van der Waals surface area (Å²) >= 11 is 9.70. The molecule has 0 fully saturated rings. The molecule has 0 bridgehead atoms. The third-order valence-corrected chi connectivity index (χ3v) is 5.72. The summed E-state index contributed by atoms with van der Waals surface area (Å²) in [4.78, 5) is 12.3. The molecule has 3 aromatic rings. The van der Waals surface area contributed by atoms with Gasteiger partial charge in [0.15, 0.2) is 6.61 Å². The van der Waals surface area contributed by atoms with Crippen LogP contribution < -0.4 is 15.4 Å². The quantitative estimate of drug-likeness (QED) is 0.392. The number of hydrogen-bond donors (Lipinski definition) is 2. The standard InChI is InChI=1S/C24H24BrClN2O2/c1-15-4-5-17(3)22(10-15)28-24(29)14-30-23-9-7-18(11-20(23)25)13-27-19-8-6-16(2)21(26)12-19/h4-12,27H,13-14H2,1-3H3,(H,28,29). The van der Waals surface area contributed by atoms with Crippen LogP contribution in [0.5, 0.6) is 5.75 Å². The third-order valence-electron chi connectivity index (χ3n) is 4.69. The van der Waals surface area contributed by atoms with Crippen LogP contribution in [-0.2, 0) is 11.3 Å². The Labute approximate surface area is 190 Å². The van der Waals surface area contributed by atoms with Crippen LogP contribution in [-0.4, -0.2) is 12.5 Å². The first kappa shape index (κ1) is 22.2. The van der Waals surface area contributed by atoms with Gasteiger partial charge in [0.25, 0.3) is 5.91 Å². The predicted octanol–water partition coefficient (Wildman–Crippen LogP) is 6.66. The van der Waals surface area contributed by atoms with Crippen molar-refractivity contribution in [2.75, 3.05) is 17.2 Å². The Balaban J connectivity index is 1.55. The minimum Gasteiger partial charge on any atom is -0.483 e. The number of benzene rings is 3. The summed E-state index contributed by atoms with van der Waals surface area (Å²) in [6.07, 6.45) is 0. The first-order valence-electron chi connectivity index (χ1n) is 9.60. The number of carbonyl (C=O) groups excluding carboxylic acids is 1. The molecule has 3 rings (SSSR count). The lowest BCUT2D eigenvalue weighted by Crippen LogP contribution is -2.20. The van der Waals surface area contributed by atoms with Crippen molar-refractivity contribution in [3.05, 3.63) is 86.3 Å². The molecule has 2 N–H and O–H groups in total. The molecule has 0 radical (unpaired) electrons. The second-order valence-electron chi connectivity index (χ2n) is 7.24. The highest BCUT2D eigenvalue weighted by Gasteiger charge is 2.09. The fraction of sp³-hybridized carbons (Fsp3) is 0.208. The van der Waals surface area contributed by atoms with Gasteiger partial charge in [-0.25, -0.2) is 0 Å². The summed E-state index contributed by atoms with van der Waals surface area (Å²) in [6, 6.07) is 17.6. The number of ether oxygens (including phenoxy) is 1. The van der Waals surface area contributed by atoms with Crippen LogP contribution in [0.15, 0.2) is 59.1 Å². The Morgan fingerprint density at radius 2 is 1.77 bits per heavy atom. The minimum atomic E-state index is -0.197. The highest BCUT2D eigenvalue weighted by Crippen LogP contribution is 2.27. The summed E-state index contributed by atoms with van der Waals surface area (Å²) < 4.78 is 6.49. The number of rotatable bonds is 7. The molecule has 0 aliphatic heterocycles. The molecule has 156 valence electrons. The Morgan fingerprint density at radius 1 is 1.00 bits per heavy atom. The molecule has 1 amide bonds. The van der Waals surface area contributed by atoms with E-state index in [9.17, 15) is 4.79 Å². The van der Waals surface area contributed by atoms with Crippen LogP contribution in [0.2, 0.25) is 5.02 Å². The molecule has 0 saturated heterocycles. The molecule has 0 unspecified atom stereocenters. The van der Waals surface area contributed by atoms with Crippen molar-refractivity contribution in [1.82, 2.24) is 0 Å². The van der Waals surface area contributed by atoms with Gasteiger partial charge < -0.3 is 15.4 Å². The van der Waals surface area contributed by atoms with Crippen molar-refractivity contribution < 1.29 is 9.53 Å². The van der Waals surface area contributed by atoms with Gasteiger partial charge in [0, 0.05) is 22.9 Å². The van der Waals surface area contributed by atoms with Gasteiger partial charge in [-0.1, -0.05) is 35.9 Å². The second-order valence-corrected chi connectivity index (χ2v) is 8.50. The summed E-state index contributed by atoms with van der Waals surface area (Å²) in [5, 5.41) is 6.99. The lowest BCUT2D eigenvalue weighted by molar-refractivity contribution is -0.118. The van der Waals surface area contributed by atoms with E-state index in [0.717, 1.165) is 43.1 Å². The smallest absolute Gasteiger partial charge is 0.262 e. The van der Waals surface area contributed by atoms with Gasteiger partial charge in [0.1, 0.15) is 5.75 Å². The van der Waals surface area contributed by atoms with Gasteiger partial charge in [-0.3, -0.25) is 4.79 Å². The van der Waals surface area contributed by atoms with Crippen LogP contribution in [0.4, 0.5) is 11.4 Å². The molecule has 0 heterocycles. The van der Waals surface area contributed by atoms with E-state index in [4.69, 9.17) is 16.3 Å². The van der Waals surface area contributed by atoms with Crippen molar-refractivity contribution in [2.24, 2.45) is 0 Å². The Kier molecular flexibility index (Phi) is 7.40. The molecule has 0 spiro atoms. The van der Waals surface area contributed by atoms with Gasteiger partial charge >= 0.3 is 0 Å². The van der Waals surface area contributed by atoms with Crippen molar-refractivity contribution in [3.8, 4) is 5.75 Å². The van der Waals surface area contributed by atoms with E-state index >= 15 is 0 Å². The molecule has 3 aromatic carbocycles. The van der Waals surface area contributed by atoms with E-state index in [1.807, 2.05) is 75.4 Å². The van der Waals surface area contributed by atoms with Gasteiger partial charge in [-0.05, 0) is 89.3 Å². The number of halogens is 2. The van der Waals surface area contributed by atoms with Crippen LogP contribution in [0, 0.1) is 20.8 Å². The summed E-state index contributed by atoms with van der Waals surface area (Å²) in [5.74, 6) is 0.422. The summed E-state index contributed by atoms with van der Waals surface area (Å²) in [5.41, 5.74) is 6.00. The number of hydrogen-bond acceptors (Lipinski definition) is 3. The predicted molar refractivity (Wildman–Crippen MR) is 128 cm³/mol. The van der Waals surface area contributed by atoms with Crippen molar-refractivity contribution >= 4 is 44.8 Å². The van der Waals surface area contributed by atoms with Crippen molar-refractivity contribution in [2.45, 2.75) is 27.3 Å². The normalized spacial score (nSPS) is 10.6. The zero-order valence-electron chi connectivity index (χ0n) is 17.2. The largest absolute Gasteiger partial charge is 0.483 e. The lowest BCUT2D eigenvalue weighted by Gasteiger charge is -2.13. The number of amides is 1. The maximum Gasteiger partial charge on any atom is 0.262 e. The molecule has 0 saturated carbocycles. The molecule has 0 aliphatic carbocycles. The fourth-order valence-corrected chi connectivity index (χ4v) is 3.60. The van der Waals surface area contributed by atoms with Crippen molar-refractivity contribution in [1.29, 1.82) is 0 Å². The first-order chi connectivity index (χ1) is 14.3. The third kappa shape index (κ3) is 6.00. The average molecular weight is 488 g/mol. The van der Waals surface area contributed by atoms with E-state index < -0.39 is 0 Å². The van der Waals surface area contributed by atoms with Gasteiger partial charge in [0.05, 0.1) is 4.47 Å². The van der Waals surface area contributed by atoms with Gasteiger partial charge in [-0.15, -0.1) is 0 Å². The topological polar surface area (TPSA) is 50.4 Å². The van der Waals surface area contributed by atoms with E-state index in [0.29, 0.717) is 12.3 Å². The maximum atomic E-state index is 12.3. The molecular formula is C24H24BrClN2O2. The monoisotopic (exact) mass is 486 g/mol. The van der Waals surface area contributed by atoms with E-state index in [-0.39, 0.29) is 12.5 Å². The molecule has 4 nitrogen and oxygen atoms in total. The number of anilines is 2. The Bertz CT molecular complexity index is 1070. The number of carbonyl (C=O) groups is 1. The average Bonchev–Trinajstić information content (AvgIpc) is 2.71. The molecule has 6 heteroatoms. The summed E-state index contributed by atoms with van der Waals surface area (Å²) in [7, 11) is 0. The maximum absolute atomic E-state index is 12.3. The highest BCUT2D eigenvalue weighted by molar-refractivity contribution is 9.10. The number of nitrogens with one attached hydrogen (secondary N) is 2. The summed E-state index contributed by atoms with van der Waals surface area (Å²) in [6.45, 7) is 6.51. The van der Waals surface area contributed by atoms with Crippen LogP contribution >= 0.6 is 27.5 Å². The molecular weight excluding hydrogens is 464 g/mol. The first-order valence-corrected chi connectivity index (χ1v) is 10.8. The van der Waals surface area contributed by atoms with Crippen LogP contribution in [0.25, 0.3) is 0 Å². The molecule has 0 atom stereocenters. The zero-order valence-corrected chi connectivity index (χ0v) is 19.5.